The Morgan fingerprint density at radius 1 is 1.13 bits per heavy atom. The highest BCUT2D eigenvalue weighted by Crippen LogP contribution is 2.21. The van der Waals surface area contributed by atoms with Gasteiger partial charge in [0.2, 0.25) is 0 Å². The largest absolute Gasteiger partial charge is 0.480 e. The highest BCUT2D eigenvalue weighted by molar-refractivity contribution is 5.90. The van der Waals surface area contributed by atoms with Crippen LogP contribution in [0, 0.1) is 0 Å². The number of pyridine rings is 1. The normalized spacial score (nSPS) is 14.8. The van der Waals surface area contributed by atoms with E-state index in [-0.39, 0.29) is 0 Å². The van der Waals surface area contributed by atoms with Crippen LogP contribution in [0.5, 0.6) is 0 Å². The van der Waals surface area contributed by atoms with E-state index in [4.69, 9.17) is 4.98 Å². The molecule has 1 aliphatic rings. The van der Waals surface area contributed by atoms with Gasteiger partial charge in [0.05, 0.1) is 5.52 Å². The Morgan fingerprint density at radius 3 is 2.79 bits per heavy atom. The average Bonchev–Trinajstić information content (AvgIpc) is 2.92. The summed E-state index contributed by atoms with van der Waals surface area (Å²) in [7, 11) is 3.67. The number of aliphatic hydroxyl groups is 1. The van der Waals surface area contributed by atoms with E-state index in [1.54, 1.807) is 4.90 Å². The van der Waals surface area contributed by atoms with Gasteiger partial charge in [-0.2, -0.15) is 0 Å². The number of anilines is 2. The smallest absolute Gasteiger partial charge is 0.326 e. The van der Waals surface area contributed by atoms with E-state index in [9.17, 15) is 15.0 Å². The number of aliphatic hydroxyl groups excluding tert-OH is 1. The van der Waals surface area contributed by atoms with Gasteiger partial charge in [-0.25, -0.2) is 19.7 Å². The lowest BCUT2D eigenvalue weighted by Crippen LogP contribution is -2.43. The number of nitrogens with one attached hydrogen (secondary N) is 2. The molecule has 10 nitrogen and oxygen atoms in total. The first-order valence-electron chi connectivity index (χ1n) is 13.4. The van der Waals surface area contributed by atoms with Crippen molar-refractivity contribution in [1.82, 2.24) is 24.8 Å². The maximum atomic E-state index is 12.1. The Labute approximate surface area is 224 Å². The van der Waals surface area contributed by atoms with Gasteiger partial charge in [-0.15, -0.1) is 0 Å². The third kappa shape index (κ3) is 7.59. The predicted molar refractivity (Wildman–Crippen MR) is 149 cm³/mol. The molecule has 0 bridgehead atoms. The number of likely N-dealkylation sites (N-methyl/N-ethyl adjacent to an activating group) is 1. The molecule has 3 heterocycles. The maximum Gasteiger partial charge on any atom is 0.326 e. The number of para-hydroxylation sites is 1. The number of carbonyl (C=O) groups is 1. The van der Waals surface area contributed by atoms with Crippen LogP contribution in [0.3, 0.4) is 0 Å². The van der Waals surface area contributed by atoms with Gasteiger partial charge in [0.1, 0.15) is 30.2 Å². The van der Waals surface area contributed by atoms with Crippen molar-refractivity contribution in [3.05, 3.63) is 54.0 Å². The van der Waals surface area contributed by atoms with E-state index in [1.807, 2.05) is 38.4 Å². The number of aryl methyl sites for hydroxylation is 2. The summed E-state index contributed by atoms with van der Waals surface area (Å²) in [6.07, 6.45) is 6.18. The van der Waals surface area contributed by atoms with Crippen molar-refractivity contribution in [3.63, 3.8) is 0 Å². The molecule has 1 aromatic carbocycles. The molecule has 0 fully saturated rings. The highest BCUT2D eigenvalue weighted by atomic mass is 16.4. The van der Waals surface area contributed by atoms with Crippen LogP contribution < -0.4 is 10.6 Å². The van der Waals surface area contributed by atoms with E-state index >= 15 is 0 Å². The molecule has 0 aliphatic carbocycles. The van der Waals surface area contributed by atoms with Crippen molar-refractivity contribution in [2.75, 3.05) is 50.9 Å². The number of hydrogen-bond acceptors (Lipinski definition) is 9. The Balaban J connectivity index is 1.34. The summed E-state index contributed by atoms with van der Waals surface area (Å²) < 4.78 is 0. The Morgan fingerprint density at radius 2 is 1.97 bits per heavy atom. The molecule has 38 heavy (non-hydrogen) atoms. The van der Waals surface area contributed by atoms with E-state index < -0.39 is 18.2 Å². The zero-order valence-corrected chi connectivity index (χ0v) is 22.3. The second kappa shape index (κ2) is 13.5. The van der Waals surface area contributed by atoms with Crippen molar-refractivity contribution >= 4 is 28.5 Å². The Kier molecular flexibility index (Phi) is 9.80. The van der Waals surface area contributed by atoms with Gasteiger partial charge in [-0.1, -0.05) is 18.2 Å². The second-order valence-corrected chi connectivity index (χ2v) is 10.1. The summed E-state index contributed by atoms with van der Waals surface area (Å²) in [6, 6.07) is 11.0. The SMILES string of the molecule is CN(C)[C@@H](O)CN(CCCCc1ccc2c(n1)NCCC2)CC[C@H](Nc1ncnc2ccccc12)C(=O)O. The number of benzene rings is 1. The number of carboxylic acids is 1. The number of carboxylic acid groups (broad SMARTS) is 1. The first-order chi connectivity index (χ1) is 18.4. The summed E-state index contributed by atoms with van der Waals surface area (Å²) in [4.78, 5) is 29.3. The maximum absolute atomic E-state index is 12.1. The van der Waals surface area contributed by atoms with Gasteiger partial charge in [-0.3, -0.25) is 9.80 Å². The molecule has 0 saturated heterocycles. The number of nitrogens with zero attached hydrogens (tertiary/aromatic N) is 5. The zero-order chi connectivity index (χ0) is 26.9. The third-order valence-corrected chi connectivity index (χ3v) is 7.01. The Bertz CT molecular complexity index is 1200. The van der Waals surface area contributed by atoms with Gasteiger partial charge >= 0.3 is 5.97 Å². The van der Waals surface area contributed by atoms with Crippen LogP contribution in [-0.4, -0.2) is 93.5 Å². The lowest BCUT2D eigenvalue weighted by atomic mass is 10.1. The van der Waals surface area contributed by atoms with E-state index in [2.05, 4.69) is 37.6 Å². The molecule has 4 rings (SSSR count). The molecular weight excluding hydrogens is 482 g/mol. The summed E-state index contributed by atoms with van der Waals surface area (Å²) in [6.45, 7) is 2.71. The standard InChI is InChI=1S/C28H39N7O3/c1-34(2)25(36)18-35(16-6-5-9-21-13-12-20-8-7-15-29-26(20)32-21)17-14-24(28(37)38)33-27-22-10-3-4-11-23(22)30-19-31-27/h3-4,10-13,19,24-25,36H,5-9,14-18H2,1-2H3,(H,29,32)(H,37,38)(H,30,31,33)/t24-,25-/m0/s1. The average molecular weight is 522 g/mol. The number of unbranched alkanes of at least 4 members (excludes halogenated alkanes) is 1. The van der Waals surface area contributed by atoms with E-state index in [0.717, 1.165) is 67.6 Å². The summed E-state index contributed by atoms with van der Waals surface area (Å²) in [5.74, 6) is 0.593. The molecule has 1 aliphatic heterocycles. The minimum absolute atomic E-state index is 0.367. The Hall–Kier alpha value is -3.34. The van der Waals surface area contributed by atoms with Crippen LogP contribution in [0.1, 0.15) is 36.9 Å². The number of aromatic nitrogens is 3. The molecule has 0 amide bonds. The minimum atomic E-state index is -0.937. The zero-order valence-electron chi connectivity index (χ0n) is 22.3. The molecule has 2 aromatic heterocycles. The molecule has 4 N–H and O–H groups in total. The van der Waals surface area contributed by atoms with Gasteiger partial charge < -0.3 is 20.8 Å². The summed E-state index contributed by atoms with van der Waals surface area (Å²) in [5, 5.41) is 27.7. The molecule has 0 spiro atoms. The van der Waals surface area contributed by atoms with Gasteiger partial charge in [0.25, 0.3) is 0 Å². The van der Waals surface area contributed by atoms with E-state index in [1.165, 1.54) is 11.9 Å². The van der Waals surface area contributed by atoms with E-state index in [0.29, 0.717) is 25.3 Å². The fourth-order valence-corrected chi connectivity index (χ4v) is 4.69. The fraction of sp³-hybridized carbons (Fsp3) is 0.500. The number of rotatable bonds is 14. The number of hydrogen-bond donors (Lipinski definition) is 4. The van der Waals surface area contributed by atoms with Crippen molar-refractivity contribution in [2.45, 2.75) is 50.8 Å². The van der Waals surface area contributed by atoms with Crippen LogP contribution >= 0.6 is 0 Å². The van der Waals surface area contributed by atoms with Gasteiger partial charge in [-0.05, 0) is 82.9 Å². The monoisotopic (exact) mass is 521 g/mol. The first kappa shape index (κ1) is 27.7. The van der Waals surface area contributed by atoms with Crippen molar-refractivity contribution in [2.24, 2.45) is 0 Å². The molecule has 2 atom stereocenters. The lowest BCUT2D eigenvalue weighted by molar-refractivity contribution is -0.138. The minimum Gasteiger partial charge on any atom is -0.480 e. The third-order valence-electron chi connectivity index (χ3n) is 7.01. The molecule has 0 saturated carbocycles. The summed E-state index contributed by atoms with van der Waals surface area (Å²) in [5.41, 5.74) is 3.14. The summed E-state index contributed by atoms with van der Waals surface area (Å²) >= 11 is 0. The number of aliphatic carboxylic acids is 1. The second-order valence-electron chi connectivity index (χ2n) is 10.1. The quantitative estimate of drug-likeness (QED) is 0.186. The predicted octanol–water partition coefficient (Wildman–Crippen LogP) is 2.84. The topological polar surface area (TPSA) is 127 Å². The van der Waals surface area contributed by atoms with Gasteiger partial charge in [0, 0.05) is 30.7 Å². The van der Waals surface area contributed by atoms with Crippen LogP contribution in [0.2, 0.25) is 0 Å². The first-order valence-corrected chi connectivity index (χ1v) is 13.4. The van der Waals surface area contributed by atoms with Crippen molar-refractivity contribution in [1.29, 1.82) is 0 Å². The van der Waals surface area contributed by atoms with Crippen molar-refractivity contribution < 1.29 is 15.0 Å². The highest BCUT2D eigenvalue weighted by Gasteiger charge is 2.22. The van der Waals surface area contributed by atoms with Crippen LogP contribution in [0.25, 0.3) is 10.9 Å². The molecule has 204 valence electrons. The lowest BCUT2D eigenvalue weighted by Gasteiger charge is -2.29. The molecule has 0 unspecified atom stereocenters. The molecule has 0 radical (unpaired) electrons. The molecular formula is C28H39N7O3. The van der Waals surface area contributed by atoms with Crippen LogP contribution in [-0.2, 0) is 17.6 Å². The number of fused-ring (bicyclic) bond motifs is 2. The molecule has 10 heteroatoms. The van der Waals surface area contributed by atoms with Crippen molar-refractivity contribution in [3.8, 4) is 0 Å². The van der Waals surface area contributed by atoms with Gasteiger partial charge in [0.15, 0.2) is 0 Å². The molecule has 3 aromatic rings. The van der Waals surface area contributed by atoms with Crippen LogP contribution in [0.15, 0.2) is 42.7 Å². The fourth-order valence-electron chi connectivity index (χ4n) is 4.69. The van der Waals surface area contributed by atoms with Crippen LogP contribution in [0.4, 0.5) is 11.6 Å².